The first-order valence-corrected chi connectivity index (χ1v) is 7.47. The first-order valence-electron chi connectivity index (χ1n) is 6.39. The van der Waals surface area contributed by atoms with Crippen LogP contribution in [0.5, 0.6) is 0 Å². The highest BCUT2D eigenvalue weighted by atomic mass is 127. The molecule has 0 saturated carbocycles. The number of benzene rings is 1. The van der Waals surface area contributed by atoms with E-state index < -0.39 is 12.0 Å². The number of hydrogen-bond donors (Lipinski definition) is 1. The Labute approximate surface area is 125 Å². The third kappa shape index (κ3) is 3.26. The summed E-state index contributed by atoms with van der Waals surface area (Å²) < 4.78 is 0.860. The number of likely N-dealkylation sites (tertiary alicyclic amines) is 1. The molecule has 0 aliphatic carbocycles. The molecule has 1 heterocycles. The van der Waals surface area contributed by atoms with E-state index in [0.717, 1.165) is 22.8 Å². The lowest BCUT2D eigenvalue weighted by Crippen LogP contribution is -2.44. The van der Waals surface area contributed by atoms with Crippen molar-refractivity contribution in [2.45, 2.75) is 31.7 Å². The van der Waals surface area contributed by atoms with Crippen LogP contribution in [0.2, 0.25) is 0 Å². The molecule has 1 aliphatic heterocycles. The average Bonchev–Trinajstić information content (AvgIpc) is 2.64. The Morgan fingerprint density at radius 1 is 1.21 bits per heavy atom. The van der Waals surface area contributed by atoms with E-state index in [2.05, 4.69) is 22.6 Å². The molecule has 102 valence electrons. The number of carboxylic acid groups (broad SMARTS) is 1. The summed E-state index contributed by atoms with van der Waals surface area (Å²) in [6.45, 7) is 0.529. The topological polar surface area (TPSA) is 57.6 Å². The summed E-state index contributed by atoms with van der Waals surface area (Å²) in [4.78, 5) is 25.4. The monoisotopic (exact) mass is 373 g/mol. The molecule has 0 radical (unpaired) electrons. The number of rotatable bonds is 2. The van der Waals surface area contributed by atoms with Gasteiger partial charge in [-0.1, -0.05) is 25.0 Å². The SMILES string of the molecule is O=C(O)C1CCCCCN1C(=O)c1ccccc1I. The molecule has 0 spiro atoms. The number of carbonyl (C=O) groups excluding carboxylic acids is 1. The zero-order valence-corrected chi connectivity index (χ0v) is 12.7. The highest BCUT2D eigenvalue weighted by Gasteiger charge is 2.31. The van der Waals surface area contributed by atoms with Crippen LogP contribution in [0.4, 0.5) is 0 Å². The number of halogens is 1. The van der Waals surface area contributed by atoms with Crippen molar-refractivity contribution in [2.75, 3.05) is 6.54 Å². The van der Waals surface area contributed by atoms with E-state index in [9.17, 15) is 14.7 Å². The maximum atomic E-state index is 12.5. The Kier molecular flexibility index (Phi) is 4.79. The third-order valence-electron chi connectivity index (χ3n) is 3.40. The molecule has 1 saturated heterocycles. The van der Waals surface area contributed by atoms with Gasteiger partial charge in [0.15, 0.2) is 0 Å². The fraction of sp³-hybridized carbons (Fsp3) is 0.429. The zero-order valence-electron chi connectivity index (χ0n) is 10.5. The van der Waals surface area contributed by atoms with E-state index in [1.807, 2.05) is 18.2 Å². The van der Waals surface area contributed by atoms with Crippen molar-refractivity contribution >= 4 is 34.5 Å². The summed E-state index contributed by atoms with van der Waals surface area (Å²) in [6, 6.07) is 6.61. The quantitative estimate of drug-likeness (QED) is 0.812. The van der Waals surface area contributed by atoms with Gasteiger partial charge in [-0.3, -0.25) is 4.79 Å². The second kappa shape index (κ2) is 6.36. The molecule has 5 heteroatoms. The van der Waals surface area contributed by atoms with Gasteiger partial charge < -0.3 is 10.0 Å². The summed E-state index contributed by atoms with van der Waals surface area (Å²) in [5.74, 6) is -1.07. The van der Waals surface area contributed by atoms with E-state index >= 15 is 0 Å². The van der Waals surface area contributed by atoms with Crippen molar-refractivity contribution in [3.05, 3.63) is 33.4 Å². The molecule has 1 aromatic carbocycles. The first-order chi connectivity index (χ1) is 9.11. The van der Waals surface area contributed by atoms with Crippen LogP contribution < -0.4 is 0 Å². The standard InChI is InChI=1S/C14H16INO3/c15-11-7-4-3-6-10(11)13(17)16-9-5-1-2-8-12(16)14(18)19/h3-4,6-7,12H,1-2,5,8-9H2,(H,18,19). The Balaban J connectivity index is 2.29. The van der Waals surface area contributed by atoms with E-state index in [1.165, 1.54) is 4.90 Å². The van der Waals surface area contributed by atoms with Crippen molar-refractivity contribution in [2.24, 2.45) is 0 Å². The lowest BCUT2D eigenvalue weighted by Gasteiger charge is -2.27. The predicted octanol–water partition coefficient (Wildman–Crippen LogP) is 2.76. The molecular formula is C14H16INO3. The Morgan fingerprint density at radius 3 is 2.63 bits per heavy atom. The van der Waals surface area contributed by atoms with Crippen LogP contribution >= 0.6 is 22.6 Å². The highest BCUT2D eigenvalue weighted by molar-refractivity contribution is 14.1. The number of amides is 1. The highest BCUT2D eigenvalue weighted by Crippen LogP contribution is 2.21. The summed E-state index contributed by atoms with van der Waals surface area (Å²) in [5, 5.41) is 9.30. The van der Waals surface area contributed by atoms with Crippen LogP contribution in [0.1, 0.15) is 36.0 Å². The Bertz CT molecular complexity index is 489. The summed E-state index contributed by atoms with van der Waals surface area (Å²) in [5.41, 5.74) is 0.594. The lowest BCUT2D eigenvalue weighted by molar-refractivity contribution is -0.142. The van der Waals surface area contributed by atoms with Gasteiger partial charge in [0, 0.05) is 10.1 Å². The van der Waals surface area contributed by atoms with Crippen LogP contribution in [0.3, 0.4) is 0 Å². The van der Waals surface area contributed by atoms with Gasteiger partial charge in [-0.2, -0.15) is 0 Å². The van der Waals surface area contributed by atoms with Gasteiger partial charge in [-0.25, -0.2) is 4.79 Å². The number of aliphatic carboxylic acids is 1. The Morgan fingerprint density at radius 2 is 1.95 bits per heavy atom. The summed E-state index contributed by atoms with van der Waals surface area (Å²) >= 11 is 2.11. The van der Waals surface area contributed by atoms with E-state index in [0.29, 0.717) is 18.5 Å². The van der Waals surface area contributed by atoms with Gasteiger partial charge in [-0.05, 0) is 47.6 Å². The minimum absolute atomic E-state index is 0.167. The van der Waals surface area contributed by atoms with Gasteiger partial charge in [0.2, 0.25) is 0 Å². The van der Waals surface area contributed by atoms with Crippen molar-refractivity contribution in [3.8, 4) is 0 Å². The Hall–Kier alpha value is -1.11. The minimum atomic E-state index is -0.902. The first kappa shape index (κ1) is 14.3. The van der Waals surface area contributed by atoms with Crippen LogP contribution in [-0.4, -0.2) is 34.5 Å². The smallest absolute Gasteiger partial charge is 0.326 e. The molecule has 2 rings (SSSR count). The van der Waals surface area contributed by atoms with Gasteiger partial charge in [-0.15, -0.1) is 0 Å². The predicted molar refractivity (Wildman–Crippen MR) is 80.1 cm³/mol. The second-order valence-corrected chi connectivity index (χ2v) is 5.84. The molecule has 4 nitrogen and oxygen atoms in total. The average molecular weight is 373 g/mol. The number of hydrogen-bond acceptors (Lipinski definition) is 2. The van der Waals surface area contributed by atoms with Crippen molar-refractivity contribution in [1.82, 2.24) is 4.90 Å². The van der Waals surface area contributed by atoms with Crippen LogP contribution in [-0.2, 0) is 4.79 Å². The normalized spacial score (nSPS) is 19.8. The lowest BCUT2D eigenvalue weighted by atomic mass is 10.1. The maximum Gasteiger partial charge on any atom is 0.326 e. The third-order valence-corrected chi connectivity index (χ3v) is 4.34. The van der Waals surface area contributed by atoms with Crippen LogP contribution in [0, 0.1) is 3.57 Å². The van der Waals surface area contributed by atoms with E-state index in [-0.39, 0.29) is 5.91 Å². The number of carboxylic acids is 1. The van der Waals surface area contributed by atoms with Crippen molar-refractivity contribution < 1.29 is 14.7 Å². The zero-order chi connectivity index (χ0) is 13.8. The molecule has 1 atom stereocenters. The van der Waals surface area contributed by atoms with E-state index in [4.69, 9.17) is 0 Å². The number of carbonyl (C=O) groups is 2. The molecule has 1 unspecified atom stereocenters. The molecule has 1 aromatic rings. The minimum Gasteiger partial charge on any atom is -0.480 e. The summed E-state index contributed by atoms with van der Waals surface area (Å²) in [7, 11) is 0. The van der Waals surface area contributed by atoms with Gasteiger partial charge in [0.05, 0.1) is 5.56 Å². The number of nitrogens with zero attached hydrogens (tertiary/aromatic N) is 1. The van der Waals surface area contributed by atoms with Gasteiger partial charge >= 0.3 is 5.97 Å². The van der Waals surface area contributed by atoms with Crippen molar-refractivity contribution in [3.63, 3.8) is 0 Å². The van der Waals surface area contributed by atoms with E-state index in [1.54, 1.807) is 6.07 Å². The van der Waals surface area contributed by atoms with Gasteiger partial charge in [0.1, 0.15) is 6.04 Å². The van der Waals surface area contributed by atoms with Crippen molar-refractivity contribution in [1.29, 1.82) is 0 Å². The molecule has 0 aromatic heterocycles. The molecule has 0 bridgehead atoms. The van der Waals surface area contributed by atoms with Gasteiger partial charge in [0.25, 0.3) is 5.91 Å². The second-order valence-electron chi connectivity index (χ2n) is 4.68. The molecule has 19 heavy (non-hydrogen) atoms. The van der Waals surface area contributed by atoms with Crippen LogP contribution in [0.25, 0.3) is 0 Å². The molecule has 1 aliphatic rings. The van der Waals surface area contributed by atoms with Crippen LogP contribution in [0.15, 0.2) is 24.3 Å². The maximum absolute atomic E-state index is 12.5. The fourth-order valence-electron chi connectivity index (χ4n) is 2.40. The molecule has 1 amide bonds. The largest absolute Gasteiger partial charge is 0.480 e. The summed E-state index contributed by atoms with van der Waals surface area (Å²) in [6.07, 6.45) is 3.27. The molecular weight excluding hydrogens is 357 g/mol. The molecule has 1 fully saturated rings. The fourth-order valence-corrected chi connectivity index (χ4v) is 3.02. The molecule has 1 N–H and O–H groups in total.